The average Bonchev–Trinajstić information content (AvgIpc) is 3.53. The Balaban J connectivity index is 1.54. The first-order chi connectivity index (χ1) is 12.7. The van der Waals surface area contributed by atoms with E-state index in [4.69, 9.17) is 4.98 Å². The summed E-state index contributed by atoms with van der Waals surface area (Å²) in [5.74, 6) is 2.55. The maximum atomic E-state index is 9.46. The molecule has 2 aliphatic rings. The van der Waals surface area contributed by atoms with Gasteiger partial charge in [-0.15, -0.1) is 0 Å². The molecule has 0 amide bonds. The van der Waals surface area contributed by atoms with Gasteiger partial charge in [0.15, 0.2) is 0 Å². The summed E-state index contributed by atoms with van der Waals surface area (Å²) in [5, 5.41) is 9.46. The highest BCUT2D eigenvalue weighted by atomic mass is 79.9. The molecule has 1 saturated carbocycles. The zero-order valence-electron chi connectivity index (χ0n) is 14.9. The predicted molar refractivity (Wildman–Crippen MR) is 107 cm³/mol. The molecule has 26 heavy (non-hydrogen) atoms. The van der Waals surface area contributed by atoms with E-state index in [1.54, 1.807) is 0 Å². The SMILES string of the molecule is CN(c1ccnc(C2CC2)n1)C1CCCN(c2cc(Br)ccc2C#N)C1. The van der Waals surface area contributed by atoms with E-state index in [1.165, 1.54) is 12.8 Å². The summed E-state index contributed by atoms with van der Waals surface area (Å²) in [5.41, 5.74) is 1.75. The topological polar surface area (TPSA) is 56.1 Å². The highest BCUT2D eigenvalue weighted by molar-refractivity contribution is 9.10. The van der Waals surface area contributed by atoms with Gasteiger partial charge in [-0.1, -0.05) is 15.9 Å². The molecular formula is C20H22BrN5. The van der Waals surface area contributed by atoms with Crippen molar-refractivity contribution in [3.8, 4) is 6.07 Å². The van der Waals surface area contributed by atoms with Crippen LogP contribution in [0.5, 0.6) is 0 Å². The lowest BCUT2D eigenvalue weighted by atomic mass is 10.0. The van der Waals surface area contributed by atoms with Crippen LogP contribution in [-0.4, -0.2) is 36.1 Å². The second-order valence-electron chi connectivity index (χ2n) is 7.17. The summed E-state index contributed by atoms with van der Waals surface area (Å²) < 4.78 is 1.01. The van der Waals surface area contributed by atoms with Gasteiger partial charge in [0.2, 0.25) is 0 Å². The minimum Gasteiger partial charge on any atom is -0.368 e. The first kappa shape index (κ1) is 17.3. The molecule has 2 heterocycles. The van der Waals surface area contributed by atoms with Crippen LogP contribution in [0.3, 0.4) is 0 Å². The van der Waals surface area contributed by atoms with Crippen LogP contribution in [0.4, 0.5) is 11.5 Å². The summed E-state index contributed by atoms with van der Waals surface area (Å²) in [4.78, 5) is 13.8. The zero-order valence-corrected chi connectivity index (χ0v) is 16.5. The Labute approximate surface area is 162 Å². The minimum absolute atomic E-state index is 0.372. The number of halogens is 1. The van der Waals surface area contributed by atoms with Crippen molar-refractivity contribution in [1.82, 2.24) is 9.97 Å². The first-order valence-corrected chi connectivity index (χ1v) is 9.95. The normalized spacial score (nSPS) is 19.9. The smallest absolute Gasteiger partial charge is 0.133 e. The third-order valence-corrected chi connectivity index (χ3v) is 5.82. The van der Waals surface area contributed by atoms with E-state index in [9.17, 15) is 5.26 Å². The summed E-state index contributed by atoms with van der Waals surface area (Å²) >= 11 is 3.54. The van der Waals surface area contributed by atoms with Crippen molar-refractivity contribution in [2.24, 2.45) is 0 Å². The van der Waals surface area contributed by atoms with E-state index in [0.29, 0.717) is 12.0 Å². The molecule has 0 bridgehead atoms. The van der Waals surface area contributed by atoms with Gasteiger partial charge in [0.1, 0.15) is 17.7 Å². The van der Waals surface area contributed by atoms with Crippen molar-refractivity contribution in [3.05, 3.63) is 46.3 Å². The fourth-order valence-electron chi connectivity index (χ4n) is 3.64. The maximum Gasteiger partial charge on any atom is 0.133 e. The average molecular weight is 412 g/mol. The minimum atomic E-state index is 0.372. The molecule has 4 rings (SSSR count). The zero-order chi connectivity index (χ0) is 18.1. The monoisotopic (exact) mass is 411 g/mol. The molecule has 0 N–H and O–H groups in total. The van der Waals surface area contributed by atoms with Crippen molar-refractivity contribution in [1.29, 1.82) is 5.26 Å². The number of benzene rings is 1. The largest absolute Gasteiger partial charge is 0.368 e. The van der Waals surface area contributed by atoms with Crippen LogP contribution in [0.15, 0.2) is 34.9 Å². The molecule has 1 aromatic carbocycles. The van der Waals surface area contributed by atoms with E-state index < -0.39 is 0 Å². The molecule has 0 spiro atoms. The molecule has 1 atom stereocenters. The summed E-state index contributed by atoms with van der Waals surface area (Å²) in [6.45, 7) is 1.87. The Morgan fingerprint density at radius 3 is 2.88 bits per heavy atom. The fourth-order valence-corrected chi connectivity index (χ4v) is 3.99. The number of rotatable bonds is 4. The maximum absolute atomic E-state index is 9.46. The summed E-state index contributed by atoms with van der Waals surface area (Å²) in [7, 11) is 2.12. The lowest BCUT2D eigenvalue weighted by molar-refractivity contribution is 0.485. The van der Waals surface area contributed by atoms with Crippen LogP contribution >= 0.6 is 15.9 Å². The highest BCUT2D eigenvalue weighted by Gasteiger charge is 2.29. The number of nitrogens with zero attached hydrogens (tertiary/aromatic N) is 5. The molecule has 134 valence electrons. The van der Waals surface area contributed by atoms with E-state index in [1.807, 2.05) is 24.4 Å². The highest BCUT2D eigenvalue weighted by Crippen LogP contribution is 2.38. The predicted octanol–water partition coefficient (Wildman–Crippen LogP) is 4.09. The third kappa shape index (κ3) is 3.54. The van der Waals surface area contributed by atoms with Crippen LogP contribution in [0, 0.1) is 11.3 Å². The molecular weight excluding hydrogens is 390 g/mol. The fraction of sp³-hybridized carbons (Fsp3) is 0.450. The van der Waals surface area contributed by atoms with Crippen molar-refractivity contribution in [2.45, 2.75) is 37.6 Å². The molecule has 1 aromatic heterocycles. The van der Waals surface area contributed by atoms with Crippen LogP contribution in [0.2, 0.25) is 0 Å². The molecule has 1 saturated heterocycles. The van der Waals surface area contributed by atoms with Crippen molar-refractivity contribution < 1.29 is 0 Å². The van der Waals surface area contributed by atoms with Gasteiger partial charge in [0.25, 0.3) is 0 Å². The molecule has 1 aliphatic heterocycles. The van der Waals surface area contributed by atoms with Gasteiger partial charge in [-0.2, -0.15) is 5.26 Å². The number of hydrogen-bond acceptors (Lipinski definition) is 5. The van der Waals surface area contributed by atoms with E-state index in [2.05, 4.69) is 49.9 Å². The van der Waals surface area contributed by atoms with Crippen LogP contribution in [-0.2, 0) is 0 Å². The van der Waals surface area contributed by atoms with Gasteiger partial charge in [-0.3, -0.25) is 0 Å². The van der Waals surface area contributed by atoms with Crippen molar-refractivity contribution >= 4 is 27.4 Å². The number of aromatic nitrogens is 2. The molecule has 2 fully saturated rings. The number of piperidine rings is 1. The van der Waals surface area contributed by atoms with Crippen LogP contribution < -0.4 is 9.80 Å². The Bertz CT molecular complexity index is 842. The number of likely N-dealkylation sites (N-methyl/N-ethyl adjacent to an activating group) is 1. The number of nitriles is 1. The van der Waals surface area contributed by atoms with Crippen molar-refractivity contribution in [3.63, 3.8) is 0 Å². The quantitative estimate of drug-likeness (QED) is 0.757. The van der Waals surface area contributed by atoms with Crippen LogP contribution in [0.25, 0.3) is 0 Å². The van der Waals surface area contributed by atoms with Gasteiger partial charge in [0, 0.05) is 42.8 Å². The third-order valence-electron chi connectivity index (χ3n) is 5.33. The molecule has 1 aliphatic carbocycles. The van der Waals surface area contributed by atoms with Gasteiger partial charge in [-0.25, -0.2) is 9.97 Å². The van der Waals surface area contributed by atoms with E-state index in [0.717, 1.165) is 53.3 Å². The van der Waals surface area contributed by atoms with Gasteiger partial charge in [-0.05, 0) is 49.9 Å². The summed E-state index contributed by atoms with van der Waals surface area (Å²) in [6, 6.07) is 10.6. The molecule has 5 nitrogen and oxygen atoms in total. The molecule has 6 heteroatoms. The second kappa shape index (κ2) is 7.24. The Kier molecular flexibility index (Phi) is 4.82. The number of hydrogen-bond donors (Lipinski definition) is 0. The lowest BCUT2D eigenvalue weighted by Crippen LogP contribution is -2.47. The summed E-state index contributed by atoms with van der Waals surface area (Å²) in [6.07, 6.45) is 6.54. The Morgan fingerprint density at radius 1 is 1.27 bits per heavy atom. The second-order valence-corrected chi connectivity index (χ2v) is 8.09. The van der Waals surface area contributed by atoms with Gasteiger partial charge >= 0.3 is 0 Å². The molecule has 1 unspecified atom stereocenters. The Hall–Kier alpha value is -2.13. The first-order valence-electron chi connectivity index (χ1n) is 9.16. The Morgan fingerprint density at radius 2 is 2.12 bits per heavy atom. The molecule has 0 radical (unpaired) electrons. The van der Waals surface area contributed by atoms with Gasteiger partial charge in [0.05, 0.1) is 11.3 Å². The number of anilines is 2. The van der Waals surface area contributed by atoms with E-state index in [-0.39, 0.29) is 0 Å². The van der Waals surface area contributed by atoms with Crippen LogP contribution in [0.1, 0.15) is 43.0 Å². The van der Waals surface area contributed by atoms with Gasteiger partial charge < -0.3 is 9.80 Å². The lowest BCUT2D eigenvalue weighted by Gasteiger charge is -2.39. The van der Waals surface area contributed by atoms with E-state index >= 15 is 0 Å². The van der Waals surface area contributed by atoms with Crippen molar-refractivity contribution in [2.75, 3.05) is 29.9 Å². The molecule has 2 aromatic rings. The standard InChI is InChI=1S/C20H22BrN5/c1-25(19-8-9-23-20(24-19)14-4-5-14)17-3-2-10-26(13-17)18-11-16(21)7-6-15(18)12-22/h6-9,11,14,17H,2-5,10,13H2,1H3.